The van der Waals surface area contributed by atoms with E-state index in [0.29, 0.717) is 30.3 Å². The van der Waals surface area contributed by atoms with Gasteiger partial charge in [0.25, 0.3) is 5.95 Å². The van der Waals surface area contributed by atoms with Crippen molar-refractivity contribution < 1.29 is 18.7 Å². The Bertz CT molecular complexity index is 786. The maximum atomic E-state index is 13.3. The monoisotopic (exact) mass is 327 g/mol. The number of benzene rings is 2. The van der Waals surface area contributed by atoms with Gasteiger partial charge in [0, 0.05) is 18.2 Å². The molecule has 0 aliphatic heterocycles. The van der Waals surface area contributed by atoms with Crippen molar-refractivity contribution in [1.82, 2.24) is 5.32 Å². The van der Waals surface area contributed by atoms with Crippen LogP contribution in [0.4, 0.5) is 4.39 Å². The molecule has 0 unspecified atom stereocenters. The molecule has 0 atom stereocenters. The second-order valence-electron chi connectivity index (χ2n) is 5.32. The Morgan fingerprint density at radius 3 is 2.62 bits per heavy atom. The lowest BCUT2D eigenvalue weighted by atomic mass is 10.1. The molecule has 5 heteroatoms. The third-order valence-electron chi connectivity index (χ3n) is 3.51. The molecule has 0 saturated carbocycles. The molecule has 2 N–H and O–H groups in total. The van der Waals surface area contributed by atoms with Crippen LogP contribution in [0.2, 0.25) is 0 Å². The Morgan fingerprint density at radius 2 is 1.83 bits per heavy atom. The molecule has 0 aliphatic carbocycles. The van der Waals surface area contributed by atoms with E-state index in [-0.39, 0.29) is 6.61 Å². The topological polar surface area (TPSA) is 54.6 Å². The van der Waals surface area contributed by atoms with Crippen LogP contribution in [0, 0.1) is 5.82 Å². The fourth-order valence-corrected chi connectivity index (χ4v) is 2.30. The van der Waals surface area contributed by atoms with Gasteiger partial charge in [-0.15, -0.1) is 0 Å². The summed E-state index contributed by atoms with van der Waals surface area (Å²) in [5.41, 5.74) is 1.19. The molecule has 0 fully saturated rings. The summed E-state index contributed by atoms with van der Waals surface area (Å²) in [6.45, 7) is 0.755. The Hall–Kier alpha value is -2.63. The van der Waals surface area contributed by atoms with Gasteiger partial charge in [-0.3, -0.25) is 0 Å². The molecule has 0 saturated heterocycles. The number of hydrogen-bond donors (Lipinski definition) is 2. The SMILES string of the molecule is OCc1cc(CNCc2ccc(Oc3ccccc3)o2)ccc1F. The minimum Gasteiger partial charge on any atom is -0.429 e. The first-order valence-corrected chi connectivity index (χ1v) is 7.65. The Balaban J connectivity index is 1.52. The minimum absolute atomic E-state index is 0.297. The maximum Gasteiger partial charge on any atom is 0.290 e. The normalized spacial score (nSPS) is 10.8. The first kappa shape index (κ1) is 16.2. The van der Waals surface area contributed by atoms with Gasteiger partial charge in [0.2, 0.25) is 0 Å². The highest BCUT2D eigenvalue weighted by Crippen LogP contribution is 2.23. The first-order valence-electron chi connectivity index (χ1n) is 7.65. The van der Waals surface area contributed by atoms with Crippen molar-refractivity contribution in [3.63, 3.8) is 0 Å². The lowest BCUT2D eigenvalue weighted by Crippen LogP contribution is -2.12. The van der Waals surface area contributed by atoms with Gasteiger partial charge in [0.05, 0.1) is 13.2 Å². The third kappa shape index (κ3) is 4.22. The van der Waals surface area contributed by atoms with E-state index in [1.54, 1.807) is 18.2 Å². The van der Waals surface area contributed by atoms with Crippen molar-refractivity contribution in [1.29, 1.82) is 0 Å². The highest BCUT2D eigenvalue weighted by molar-refractivity contribution is 5.26. The van der Waals surface area contributed by atoms with Gasteiger partial charge < -0.3 is 19.6 Å². The van der Waals surface area contributed by atoms with Crippen molar-refractivity contribution in [2.45, 2.75) is 19.7 Å². The van der Waals surface area contributed by atoms with Crippen LogP contribution in [-0.4, -0.2) is 5.11 Å². The van der Waals surface area contributed by atoms with Crippen molar-refractivity contribution in [3.8, 4) is 11.7 Å². The number of para-hydroxylation sites is 1. The molecular formula is C19H18FNO3. The summed E-state index contributed by atoms with van der Waals surface area (Å²) in [6.07, 6.45) is 0. The molecule has 1 heterocycles. The van der Waals surface area contributed by atoms with Gasteiger partial charge in [0.15, 0.2) is 0 Å². The third-order valence-corrected chi connectivity index (χ3v) is 3.51. The van der Waals surface area contributed by atoms with E-state index in [4.69, 9.17) is 14.3 Å². The predicted molar refractivity (Wildman–Crippen MR) is 88.1 cm³/mol. The zero-order valence-electron chi connectivity index (χ0n) is 13.0. The van der Waals surface area contributed by atoms with Crippen LogP contribution in [0.25, 0.3) is 0 Å². The number of hydrogen-bond acceptors (Lipinski definition) is 4. The predicted octanol–water partition coefficient (Wildman–Crippen LogP) is 3.99. The second-order valence-corrected chi connectivity index (χ2v) is 5.32. The average Bonchev–Trinajstić information content (AvgIpc) is 3.04. The van der Waals surface area contributed by atoms with Crippen LogP contribution in [-0.2, 0) is 19.7 Å². The van der Waals surface area contributed by atoms with Crippen LogP contribution < -0.4 is 10.1 Å². The number of ether oxygens (including phenoxy) is 1. The van der Waals surface area contributed by atoms with E-state index in [2.05, 4.69) is 5.32 Å². The van der Waals surface area contributed by atoms with Gasteiger partial charge >= 0.3 is 0 Å². The maximum absolute atomic E-state index is 13.3. The van der Waals surface area contributed by atoms with Crippen LogP contribution in [0.5, 0.6) is 11.7 Å². The molecule has 4 nitrogen and oxygen atoms in total. The summed E-state index contributed by atoms with van der Waals surface area (Å²) in [4.78, 5) is 0. The van der Waals surface area contributed by atoms with Crippen molar-refractivity contribution in [2.75, 3.05) is 0 Å². The molecule has 3 aromatic rings. The summed E-state index contributed by atoms with van der Waals surface area (Å²) in [5.74, 6) is 1.50. The lowest BCUT2D eigenvalue weighted by Gasteiger charge is -2.06. The standard InChI is InChI=1S/C19H18FNO3/c20-18-8-6-14(10-15(18)13-22)11-21-12-17-7-9-19(24-17)23-16-4-2-1-3-5-16/h1-10,21-22H,11-13H2. The second kappa shape index (κ2) is 7.77. The fourth-order valence-electron chi connectivity index (χ4n) is 2.30. The fraction of sp³-hybridized carbons (Fsp3) is 0.158. The smallest absolute Gasteiger partial charge is 0.290 e. The molecule has 0 aliphatic rings. The van der Waals surface area contributed by atoms with Crippen LogP contribution in [0.3, 0.4) is 0 Å². The Labute approximate surface area is 139 Å². The van der Waals surface area contributed by atoms with Gasteiger partial charge in [-0.05, 0) is 35.9 Å². The summed E-state index contributed by atoms with van der Waals surface area (Å²) in [6, 6.07) is 17.7. The number of aliphatic hydroxyl groups is 1. The van der Waals surface area contributed by atoms with Gasteiger partial charge in [0.1, 0.15) is 17.3 Å². The summed E-state index contributed by atoms with van der Waals surface area (Å²) < 4.78 is 24.5. The Morgan fingerprint density at radius 1 is 1.00 bits per heavy atom. The number of nitrogens with one attached hydrogen (secondary N) is 1. The highest BCUT2D eigenvalue weighted by atomic mass is 19.1. The van der Waals surface area contributed by atoms with E-state index < -0.39 is 5.82 Å². The summed E-state index contributed by atoms with van der Waals surface area (Å²) in [5, 5.41) is 12.3. The summed E-state index contributed by atoms with van der Waals surface area (Å²) >= 11 is 0. The molecule has 124 valence electrons. The Kier molecular flexibility index (Phi) is 5.25. The molecule has 0 spiro atoms. The molecule has 0 amide bonds. The number of aliphatic hydroxyl groups excluding tert-OH is 1. The number of halogens is 1. The molecule has 2 aromatic carbocycles. The van der Waals surface area contributed by atoms with E-state index in [1.807, 2.05) is 36.4 Å². The van der Waals surface area contributed by atoms with Gasteiger partial charge in [-0.25, -0.2) is 4.39 Å². The van der Waals surface area contributed by atoms with E-state index in [0.717, 1.165) is 11.3 Å². The van der Waals surface area contributed by atoms with E-state index in [1.165, 1.54) is 6.07 Å². The molecule has 1 aromatic heterocycles. The zero-order valence-corrected chi connectivity index (χ0v) is 13.0. The van der Waals surface area contributed by atoms with E-state index in [9.17, 15) is 4.39 Å². The van der Waals surface area contributed by atoms with E-state index >= 15 is 0 Å². The zero-order chi connectivity index (χ0) is 16.8. The van der Waals surface area contributed by atoms with Gasteiger partial charge in [-0.2, -0.15) is 0 Å². The van der Waals surface area contributed by atoms with Crippen molar-refractivity contribution in [2.24, 2.45) is 0 Å². The van der Waals surface area contributed by atoms with Crippen LogP contribution >= 0.6 is 0 Å². The highest BCUT2D eigenvalue weighted by Gasteiger charge is 2.05. The summed E-state index contributed by atoms with van der Waals surface area (Å²) in [7, 11) is 0. The molecule has 0 bridgehead atoms. The van der Waals surface area contributed by atoms with Crippen molar-refractivity contribution in [3.05, 3.63) is 83.4 Å². The van der Waals surface area contributed by atoms with Gasteiger partial charge in [-0.1, -0.05) is 24.3 Å². The van der Waals surface area contributed by atoms with Crippen LogP contribution in [0.1, 0.15) is 16.9 Å². The lowest BCUT2D eigenvalue weighted by molar-refractivity contribution is 0.275. The average molecular weight is 327 g/mol. The quantitative estimate of drug-likeness (QED) is 0.689. The van der Waals surface area contributed by atoms with Crippen molar-refractivity contribution >= 4 is 0 Å². The largest absolute Gasteiger partial charge is 0.429 e. The van der Waals surface area contributed by atoms with Crippen LogP contribution in [0.15, 0.2) is 65.1 Å². The molecular weight excluding hydrogens is 309 g/mol. The molecule has 3 rings (SSSR count). The number of furan rings is 1. The number of rotatable bonds is 7. The molecule has 0 radical (unpaired) electrons. The first-order chi connectivity index (χ1) is 11.7. The minimum atomic E-state index is -0.394. The molecule has 24 heavy (non-hydrogen) atoms.